The van der Waals surface area contributed by atoms with Crippen molar-refractivity contribution in [2.24, 2.45) is 11.3 Å². The molecule has 4 nitrogen and oxygen atoms in total. The van der Waals surface area contributed by atoms with Crippen LogP contribution in [0.5, 0.6) is 0 Å². The summed E-state index contributed by atoms with van der Waals surface area (Å²) in [5, 5.41) is 12.8. The molecule has 0 radical (unpaired) electrons. The Labute approximate surface area is 103 Å². The third kappa shape index (κ3) is 2.63. The van der Waals surface area contributed by atoms with Gasteiger partial charge in [-0.05, 0) is 43.7 Å². The Balaban J connectivity index is 2.07. The van der Waals surface area contributed by atoms with Gasteiger partial charge in [-0.3, -0.25) is 9.69 Å². The summed E-state index contributed by atoms with van der Waals surface area (Å²) in [6.45, 7) is 8.06. The first-order chi connectivity index (χ1) is 8.04. The Bertz CT molecular complexity index is 285. The smallest absolute Gasteiger partial charge is 0.321 e. The number of hydrogen-bond acceptors (Lipinski definition) is 3. The van der Waals surface area contributed by atoms with E-state index in [1.165, 1.54) is 12.8 Å². The van der Waals surface area contributed by atoms with Crippen molar-refractivity contribution in [1.29, 1.82) is 0 Å². The lowest BCUT2D eigenvalue weighted by molar-refractivity contribution is -0.146. The maximum absolute atomic E-state index is 11.4. The normalized spacial score (nSPS) is 32.2. The van der Waals surface area contributed by atoms with E-state index in [4.69, 9.17) is 0 Å². The summed E-state index contributed by atoms with van der Waals surface area (Å²) in [4.78, 5) is 13.6. The van der Waals surface area contributed by atoms with Gasteiger partial charge in [0.15, 0.2) is 0 Å². The van der Waals surface area contributed by atoms with Crippen molar-refractivity contribution in [3.8, 4) is 0 Å². The minimum atomic E-state index is -0.664. The Hall–Kier alpha value is -0.610. The van der Waals surface area contributed by atoms with Gasteiger partial charge in [0.05, 0.1) is 0 Å². The van der Waals surface area contributed by atoms with Crippen molar-refractivity contribution < 1.29 is 9.90 Å². The number of carboxylic acids is 1. The zero-order valence-corrected chi connectivity index (χ0v) is 10.9. The lowest BCUT2D eigenvalue weighted by Gasteiger charge is -2.43. The molecular formula is C13H24N2O2. The third-order valence-electron chi connectivity index (χ3n) is 4.30. The van der Waals surface area contributed by atoms with E-state index in [-0.39, 0.29) is 12.0 Å². The van der Waals surface area contributed by atoms with Crippen LogP contribution in [-0.4, -0.2) is 48.2 Å². The highest BCUT2D eigenvalue weighted by Gasteiger charge is 2.41. The number of rotatable bonds is 3. The number of carbonyl (C=O) groups is 1. The van der Waals surface area contributed by atoms with Gasteiger partial charge in [0, 0.05) is 13.1 Å². The molecule has 2 atom stereocenters. The summed E-state index contributed by atoms with van der Waals surface area (Å²) < 4.78 is 0. The van der Waals surface area contributed by atoms with E-state index in [1.807, 2.05) is 13.8 Å². The molecule has 2 rings (SSSR count). The molecule has 0 aromatic rings. The van der Waals surface area contributed by atoms with Gasteiger partial charge >= 0.3 is 5.97 Å². The number of piperidine rings is 1. The van der Waals surface area contributed by atoms with E-state index in [1.54, 1.807) is 0 Å². The molecule has 2 N–H and O–H groups in total. The fraction of sp³-hybridized carbons (Fsp3) is 0.923. The summed E-state index contributed by atoms with van der Waals surface area (Å²) in [5.41, 5.74) is 0.348. The summed E-state index contributed by atoms with van der Waals surface area (Å²) in [6, 6.07) is -0.312. The molecule has 2 aliphatic heterocycles. The standard InChI is InChI=1S/C13H24N2O2/c1-10(2)11(12(16)17)15-7-3-4-13(9-15)5-6-14-8-13/h10-11,14H,3-9H2,1-2H3,(H,16,17)/t11-,13?/m0/s1. The van der Waals surface area contributed by atoms with E-state index in [0.717, 1.165) is 32.6 Å². The average Bonchev–Trinajstić information content (AvgIpc) is 2.65. The summed E-state index contributed by atoms with van der Waals surface area (Å²) >= 11 is 0. The Kier molecular flexibility index (Phi) is 3.73. The lowest BCUT2D eigenvalue weighted by atomic mass is 9.78. The Morgan fingerprint density at radius 3 is 2.71 bits per heavy atom. The largest absolute Gasteiger partial charge is 0.480 e. The molecule has 2 heterocycles. The van der Waals surface area contributed by atoms with Crippen LogP contribution in [0.2, 0.25) is 0 Å². The van der Waals surface area contributed by atoms with E-state index in [2.05, 4.69) is 10.2 Å². The highest BCUT2D eigenvalue weighted by atomic mass is 16.4. The first-order valence-electron chi connectivity index (χ1n) is 6.72. The first kappa shape index (κ1) is 12.8. The number of nitrogens with zero attached hydrogens (tertiary/aromatic N) is 1. The quantitative estimate of drug-likeness (QED) is 0.777. The molecule has 0 aromatic carbocycles. The average molecular weight is 240 g/mol. The van der Waals surface area contributed by atoms with Gasteiger partial charge in [-0.2, -0.15) is 0 Å². The molecule has 0 amide bonds. The molecule has 98 valence electrons. The number of aliphatic carboxylic acids is 1. The third-order valence-corrected chi connectivity index (χ3v) is 4.30. The predicted molar refractivity (Wildman–Crippen MR) is 67.0 cm³/mol. The molecule has 1 spiro atoms. The number of nitrogens with one attached hydrogen (secondary N) is 1. The number of hydrogen-bond donors (Lipinski definition) is 2. The molecule has 0 bridgehead atoms. The SMILES string of the molecule is CC(C)[C@@H](C(=O)O)N1CCCC2(CCNC2)C1. The van der Waals surface area contributed by atoms with Crippen LogP contribution in [0.4, 0.5) is 0 Å². The van der Waals surface area contributed by atoms with Crippen molar-refractivity contribution >= 4 is 5.97 Å². The van der Waals surface area contributed by atoms with Crippen molar-refractivity contribution in [3.05, 3.63) is 0 Å². The fourth-order valence-corrected chi connectivity index (χ4v) is 3.49. The molecule has 2 saturated heterocycles. The molecule has 1 unspecified atom stereocenters. The van der Waals surface area contributed by atoms with Crippen LogP contribution >= 0.6 is 0 Å². The number of carboxylic acid groups (broad SMARTS) is 1. The monoisotopic (exact) mass is 240 g/mol. The second-order valence-corrected chi connectivity index (χ2v) is 6.03. The van der Waals surface area contributed by atoms with Crippen LogP contribution in [0, 0.1) is 11.3 Å². The van der Waals surface area contributed by atoms with Crippen LogP contribution in [0.25, 0.3) is 0 Å². The molecule has 0 aliphatic carbocycles. The molecule has 2 fully saturated rings. The van der Waals surface area contributed by atoms with E-state index in [9.17, 15) is 9.90 Å². The van der Waals surface area contributed by atoms with E-state index >= 15 is 0 Å². The summed E-state index contributed by atoms with van der Waals surface area (Å²) in [6.07, 6.45) is 3.59. The maximum atomic E-state index is 11.4. The molecule has 4 heteroatoms. The van der Waals surface area contributed by atoms with Gasteiger partial charge in [0.2, 0.25) is 0 Å². The van der Waals surface area contributed by atoms with Gasteiger partial charge in [-0.25, -0.2) is 0 Å². The maximum Gasteiger partial charge on any atom is 0.321 e. The highest BCUT2D eigenvalue weighted by Crippen LogP contribution is 2.36. The Morgan fingerprint density at radius 2 is 2.18 bits per heavy atom. The van der Waals surface area contributed by atoms with E-state index < -0.39 is 5.97 Å². The van der Waals surface area contributed by atoms with Crippen LogP contribution in [0.15, 0.2) is 0 Å². The van der Waals surface area contributed by atoms with Gasteiger partial charge in [-0.15, -0.1) is 0 Å². The molecular weight excluding hydrogens is 216 g/mol. The summed E-state index contributed by atoms with van der Waals surface area (Å²) in [5.74, 6) is -0.486. The minimum absolute atomic E-state index is 0.178. The second kappa shape index (κ2) is 4.94. The fourth-order valence-electron chi connectivity index (χ4n) is 3.49. The first-order valence-corrected chi connectivity index (χ1v) is 6.72. The van der Waals surface area contributed by atoms with Crippen molar-refractivity contribution in [3.63, 3.8) is 0 Å². The summed E-state index contributed by atoms with van der Waals surface area (Å²) in [7, 11) is 0. The minimum Gasteiger partial charge on any atom is -0.480 e. The van der Waals surface area contributed by atoms with Crippen molar-refractivity contribution in [1.82, 2.24) is 10.2 Å². The number of likely N-dealkylation sites (tertiary alicyclic amines) is 1. The second-order valence-electron chi connectivity index (χ2n) is 6.03. The van der Waals surface area contributed by atoms with Crippen molar-refractivity contribution in [2.45, 2.75) is 39.2 Å². The van der Waals surface area contributed by atoms with Gasteiger partial charge in [-0.1, -0.05) is 13.8 Å². The van der Waals surface area contributed by atoms with Crippen LogP contribution in [0.1, 0.15) is 33.1 Å². The van der Waals surface area contributed by atoms with Crippen LogP contribution < -0.4 is 5.32 Å². The molecule has 17 heavy (non-hydrogen) atoms. The molecule has 2 aliphatic rings. The zero-order valence-electron chi connectivity index (χ0n) is 10.9. The van der Waals surface area contributed by atoms with Crippen molar-refractivity contribution in [2.75, 3.05) is 26.2 Å². The van der Waals surface area contributed by atoms with Crippen LogP contribution in [0.3, 0.4) is 0 Å². The van der Waals surface area contributed by atoms with Gasteiger partial charge in [0.25, 0.3) is 0 Å². The zero-order chi connectivity index (χ0) is 12.5. The highest BCUT2D eigenvalue weighted by molar-refractivity contribution is 5.73. The Morgan fingerprint density at radius 1 is 1.41 bits per heavy atom. The lowest BCUT2D eigenvalue weighted by Crippen LogP contribution is -2.53. The topological polar surface area (TPSA) is 52.6 Å². The molecule has 0 aromatic heterocycles. The molecule has 0 saturated carbocycles. The van der Waals surface area contributed by atoms with Gasteiger partial charge < -0.3 is 10.4 Å². The van der Waals surface area contributed by atoms with Crippen LogP contribution in [-0.2, 0) is 4.79 Å². The van der Waals surface area contributed by atoms with Gasteiger partial charge in [0.1, 0.15) is 6.04 Å². The van der Waals surface area contributed by atoms with E-state index in [0.29, 0.717) is 5.41 Å². The predicted octanol–water partition coefficient (Wildman–Crippen LogP) is 1.17.